The number of hydrogen-bond donors (Lipinski definition) is 1. The van der Waals surface area contributed by atoms with Crippen LogP contribution in [0.15, 0.2) is 0 Å². The Morgan fingerprint density at radius 3 is 2.13 bits per heavy atom. The number of ether oxygens (including phenoxy) is 1. The zero-order valence-corrected chi connectivity index (χ0v) is 10.8. The maximum atomic E-state index is 5.78. The summed E-state index contributed by atoms with van der Waals surface area (Å²) in [6.45, 7) is 9.76. The summed E-state index contributed by atoms with van der Waals surface area (Å²) in [5.41, 5.74) is 6.15. The summed E-state index contributed by atoms with van der Waals surface area (Å²) in [6, 6.07) is 0.172. The van der Waals surface area contributed by atoms with Gasteiger partial charge in [-0.05, 0) is 43.9 Å². The van der Waals surface area contributed by atoms with Crippen LogP contribution in [-0.2, 0) is 4.74 Å². The van der Waals surface area contributed by atoms with Gasteiger partial charge in [0.05, 0.1) is 12.7 Å². The van der Waals surface area contributed by atoms with E-state index in [2.05, 4.69) is 20.8 Å². The summed E-state index contributed by atoms with van der Waals surface area (Å²) in [4.78, 5) is 0. The average Bonchev–Trinajstić information content (AvgIpc) is 2.14. The molecule has 1 unspecified atom stereocenters. The fourth-order valence-electron chi connectivity index (χ4n) is 2.38. The molecule has 0 bridgehead atoms. The van der Waals surface area contributed by atoms with E-state index in [1.54, 1.807) is 0 Å². The quantitative estimate of drug-likeness (QED) is 0.782. The highest BCUT2D eigenvalue weighted by molar-refractivity contribution is 4.80. The zero-order chi connectivity index (χ0) is 11.5. The van der Waals surface area contributed by atoms with E-state index in [0.29, 0.717) is 18.1 Å². The lowest BCUT2D eigenvalue weighted by Crippen LogP contribution is -2.32. The molecule has 1 atom stereocenters. The summed E-state index contributed by atoms with van der Waals surface area (Å²) in [5, 5.41) is 0. The smallest absolute Gasteiger partial charge is 0.0618 e. The lowest BCUT2D eigenvalue weighted by Gasteiger charge is -2.37. The van der Waals surface area contributed by atoms with E-state index in [9.17, 15) is 0 Å². The summed E-state index contributed by atoms with van der Waals surface area (Å²) >= 11 is 0. The first-order chi connectivity index (χ1) is 6.89. The van der Waals surface area contributed by atoms with Crippen LogP contribution in [0.5, 0.6) is 0 Å². The van der Waals surface area contributed by atoms with Gasteiger partial charge in [-0.2, -0.15) is 0 Å². The number of nitrogens with two attached hydrogens (primary N) is 1. The fraction of sp³-hybridized carbons (Fsp3) is 1.00. The molecule has 0 aliphatic heterocycles. The molecule has 90 valence electrons. The predicted molar refractivity (Wildman–Crippen MR) is 64.8 cm³/mol. The molecule has 0 aromatic carbocycles. The Morgan fingerprint density at radius 2 is 1.73 bits per heavy atom. The van der Waals surface area contributed by atoms with Crippen LogP contribution in [0.25, 0.3) is 0 Å². The maximum Gasteiger partial charge on any atom is 0.0618 e. The van der Waals surface area contributed by atoms with Gasteiger partial charge < -0.3 is 10.5 Å². The highest BCUT2D eigenvalue weighted by atomic mass is 16.5. The molecule has 0 saturated heterocycles. The molecule has 0 aromatic rings. The van der Waals surface area contributed by atoms with Crippen molar-refractivity contribution in [1.82, 2.24) is 0 Å². The van der Waals surface area contributed by atoms with Crippen LogP contribution in [0.3, 0.4) is 0 Å². The first kappa shape index (κ1) is 13.0. The minimum atomic E-state index is 0.172. The molecule has 1 fully saturated rings. The molecule has 0 amide bonds. The van der Waals surface area contributed by atoms with Gasteiger partial charge in [0.25, 0.3) is 0 Å². The van der Waals surface area contributed by atoms with Gasteiger partial charge in [-0.3, -0.25) is 0 Å². The third-order valence-electron chi connectivity index (χ3n) is 3.49. The molecule has 1 saturated carbocycles. The minimum absolute atomic E-state index is 0.172. The van der Waals surface area contributed by atoms with E-state index >= 15 is 0 Å². The summed E-state index contributed by atoms with van der Waals surface area (Å²) < 4.78 is 5.78. The molecule has 0 radical (unpaired) electrons. The highest BCUT2D eigenvalue weighted by Crippen LogP contribution is 2.38. The van der Waals surface area contributed by atoms with Crippen molar-refractivity contribution in [2.75, 3.05) is 6.61 Å². The predicted octanol–water partition coefficient (Wildman–Crippen LogP) is 2.96. The van der Waals surface area contributed by atoms with Crippen molar-refractivity contribution in [1.29, 1.82) is 0 Å². The Labute approximate surface area is 94.6 Å². The molecular weight excluding hydrogens is 186 g/mol. The van der Waals surface area contributed by atoms with Crippen molar-refractivity contribution in [2.45, 2.75) is 65.5 Å². The van der Waals surface area contributed by atoms with Crippen molar-refractivity contribution in [3.05, 3.63) is 0 Å². The first-order valence-corrected chi connectivity index (χ1v) is 6.26. The van der Waals surface area contributed by atoms with Gasteiger partial charge in [0.1, 0.15) is 0 Å². The molecule has 0 aromatic heterocycles. The molecule has 1 aliphatic carbocycles. The molecule has 1 rings (SSSR count). The second-order valence-corrected chi connectivity index (χ2v) is 6.15. The second kappa shape index (κ2) is 5.31. The van der Waals surface area contributed by atoms with Crippen molar-refractivity contribution in [2.24, 2.45) is 17.1 Å². The van der Waals surface area contributed by atoms with Crippen LogP contribution in [0, 0.1) is 11.3 Å². The normalized spacial score (nSPS) is 30.2. The third kappa shape index (κ3) is 4.52. The van der Waals surface area contributed by atoms with Gasteiger partial charge in [-0.1, -0.05) is 20.8 Å². The Kier molecular flexibility index (Phi) is 4.60. The van der Waals surface area contributed by atoms with Crippen LogP contribution in [-0.4, -0.2) is 18.8 Å². The van der Waals surface area contributed by atoms with Crippen LogP contribution < -0.4 is 5.73 Å². The average molecular weight is 213 g/mol. The van der Waals surface area contributed by atoms with Gasteiger partial charge in [0, 0.05) is 6.04 Å². The van der Waals surface area contributed by atoms with E-state index < -0.39 is 0 Å². The largest absolute Gasteiger partial charge is 0.377 e. The zero-order valence-electron chi connectivity index (χ0n) is 10.8. The lowest BCUT2D eigenvalue weighted by atomic mass is 9.72. The van der Waals surface area contributed by atoms with Gasteiger partial charge in [-0.15, -0.1) is 0 Å². The SMILES string of the molecule is CC(N)COC1CCC(C(C)(C)C)CC1. The Morgan fingerprint density at radius 1 is 1.20 bits per heavy atom. The molecule has 0 spiro atoms. The maximum absolute atomic E-state index is 5.78. The van der Waals surface area contributed by atoms with E-state index in [1.165, 1.54) is 25.7 Å². The lowest BCUT2D eigenvalue weighted by molar-refractivity contribution is -0.000372. The van der Waals surface area contributed by atoms with Gasteiger partial charge >= 0.3 is 0 Å². The Hall–Kier alpha value is -0.0800. The fourth-order valence-corrected chi connectivity index (χ4v) is 2.38. The van der Waals surface area contributed by atoms with E-state index in [-0.39, 0.29) is 6.04 Å². The van der Waals surface area contributed by atoms with E-state index in [4.69, 9.17) is 10.5 Å². The van der Waals surface area contributed by atoms with E-state index in [1.807, 2.05) is 6.92 Å². The topological polar surface area (TPSA) is 35.2 Å². The molecule has 1 aliphatic rings. The van der Waals surface area contributed by atoms with Crippen LogP contribution in [0.4, 0.5) is 0 Å². The van der Waals surface area contributed by atoms with Crippen molar-refractivity contribution in [3.8, 4) is 0 Å². The summed E-state index contributed by atoms with van der Waals surface area (Å²) in [5.74, 6) is 0.868. The van der Waals surface area contributed by atoms with Crippen molar-refractivity contribution in [3.63, 3.8) is 0 Å². The second-order valence-electron chi connectivity index (χ2n) is 6.15. The number of rotatable bonds is 3. The standard InChI is InChI=1S/C13H27NO/c1-10(14)9-15-12-7-5-11(6-8-12)13(2,3)4/h10-12H,5-9,14H2,1-4H3. The highest BCUT2D eigenvalue weighted by Gasteiger charge is 2.29. The van der Waals surface area contributed by atoms with Gasteiger partial charge in [0.15, 0.2) is 0 Å². The first-order valence-electron chi connectivity index (χ1n) is 6.26. The van der Waals surface area contributed by atoms with Crippen molar-refractivity contribution < 1.29 is 4.74 Å². The Bertz CT molecular complexity index is 175. The Balaban J connectivity index is 2.24. The third-order valence-corrected chi connectivity index (χ3v) is 3.49. The molecule has 2 N–H and O–H groups in total. The van der Waals surface area contributed by atoms with E-state index in [0.717, 1.165) is 5.92 Å². The van der Waals surface area contributed by atoms with Crippen LogP contribution >= 0.6 is 0 Å². The summed E-state index contributed by atoms with van der Waals surface area (Å²) in [6.07, 6.45) is 5.53. The molecule has 2 nitrogen and oxygen atoms in total. The molecule has 2 heteroatoms. The molecule has 0 heterocycles. The van der Waals surface area contributed by atoms with Crippen LogP contribution in [0.1, 0.15) is 53.4 Å². The van der Waals surface area contributed by atoms with Gasteiger partial charge in [-0.25, -0.2) is 0 Å². The number of hydrogen-bond acceptors (Lipinski definition) is 2. The van der Waals surface area contributed by atoms with Crippen LogP contribution in [0.2, 0.25) is 0 Å². The monoisotopic (exact) mass is 213 g/mol. The summed E-state index contributed by atoms with van der Waals surface area (Å²) in [7, 11) is 0. The molecular formula is C13H27NO. The molecule has 15 heavy (non-hydrogen) atoms. The van der Waals surface area contributed by atoms with Crippen molar-refractivity contribution >= 4 is 0 Å². The minimum Gasteiger partial charge on any atom is -0.377 e. The van der Waals surface area contributed by atoms with Gasteiger partial charge in [0.2, 0.25) is 0 Å².